The average Bonchev–Trinajstić information content (AvgIpc) is 2.60. The molecule has 0 bridgehead atoms. The molecule has 4 heteroatoms. The predicted molar refractivity (Wildman–Crippen MR) is 88.1 cm³/mol. The van der Waals surface area contributed by atoms with E-state index in [1.54, 1.807) is 11.3 Å². The van der Waals surface area contributed by atoms with Gasteiger partial charge in [-0.05, 0) is 37.8 Å². The molecule has 1 N–H and O–H groups in total. The number of halogens is 1. The molecule has 1 rings (SSSR count). The second-order valence-electron chi connectivity index (χ2n) is 5.94. The van der Waals surface area contributed by atoms with Crippen LogP contribution in [-0.4, -0.2) is 12.5 Å². The molecule has 0 radical (unpaired) electrons. The molecular formula is C14H22INOS. The van der Waals surface area contributed by atoms with E-state index in [9.17, 15) is 4.79 Å². The standard InChI is InChI=1S/C14H22INOS/c1-7-16-12(17)10-8-9(14(5,6)15)11(18-10)13(2,3)4/h8H,7H2,1-6H3,(H,16,17). The van der Waals surface area contributed by atoms with Crippen molar-refractivity contribution in [1.29, 1.82) is 0 Å². The highest BCUT2D eigenvalue weighted by molar-refractivity contribution is 14.1. The van der Waals surface area contributed by atoms with Crippen molar-refractivity contribution in [2.75, 3.05) is 6.54 Å². The lowest BCUT2D eigenvalue weighted by Gasteiger charge is -2.24. The monoisotopic (exact) mass is 379 g/mol. The Kier molecular flexibility index (Phi) is 4.87. The summed E-state index contributed by atoms with van der Waals surface area (Å²) in [5.74, 6) is 0.0416. The number of alkyl halides is 1. The lowest BCUT2D eigenvalue weighted by Crippen LogP contribution is -2.21. The number of rotatable bonds is 3. The van der Waals surface area contributed by atoms with Crippen LogP contribution in [0.15, 0.2) is 6.07 Å². The summed E-state index contributed by atoms with van der Waals surface area (Å²) in [5.41, 5.74) is 1.36. The molecule has 0 saturated heterocycles. The molecule has 0 saturated carbocycles. The SMILES string of the molecule is CCNC(=O)c1cc(C(C)(C)I)c(C(C)(C)C)s1. The van der Waals surface area contributed by atoms with Gasteiger partial charge in [0.2, 0.25) is 0 Å². The summed E-state index contributed by atoms with van der Waals surface area (Å²) in [5, 5.41) is 2.87. The fraction of sp³-hybridized carbons (Fsp3) is 0.643. The largest absolute Gasteiger partial charge is 0.352 e. The Bertz CT molecular complexity index is 406. The minimum Gasteiger partial charge on any atom is -0.352 e. The molecule has 0 spiro atoms. The number of nitrogens with one attached hydrogen (secondary N) is 1. The van der Waals surface area contributed by atoms with Gasteiger partial charge in [0, 0.05) is 14.8 Å². The van der Waals surface area contributed by atoms with Crippen molar-refractivity contribution in [3.63, 3.8) is 0 Å². The van der Waals surface area contributed by atoms with Gasteiger partial charge < -0.3 is 5.32 Å². The third kappa shape index (κ3) is 3.70. The summed E-state index contributed by atoms with van der Waals surface area (Å²) < 4.78 is 0.0433. The molecule has 0 fully saturated rings. The van der Waals surface area contributed by atoms with E-state index >= 15 is 0 Å². The summed E-state index contributed by atoms with van der Waals surface area (Å²) in [6.07, 6.45) is 0. The van der Waals surface area contributed by atoms with E-state index in [0.29, 0.717) is 6.54 Å². The average molecular weight is 379 g/mol. The molecule has 2 nitrogen and oxygen atoms in total. The maximum absolute atomic E-state index is 12.0. The number of hydrogen-bond donors (Lipinski definition) is 1. The van der Waals surface area contributed by atoms with Crippen LogP contribution in [0.4, 0.5) is 0 Å². The normalized spacial score (nSPS) is 12.6. The number of carbonyl (C=O) groups excluding carboxylic acids is 1. The van der Waals surface area contributed by atoms with Crippen LogP contribution in [0, 0.1) is 0 Å². The Morgan fingerprint density at radius 2 is 1.89 bits per heavy atom. The number of hydrogen-bond acceptors (Lipinski definition) is 2. The minimum atomic E-state index is 0.0416. The van der Waals surface area contributed by atoms with Crippen LogP contribution >= 0.6 is 33.9 Å². The van der Waals surface area contributed by atoms with Gasteiger partial charge in [-0.3, -0.25) is 4.79 Å². The first-order valence-corrected chi connectivity index (χ1v) is 8.08. The molecule has 18 heavy (non-hydrogen) atoms. The summed E-state index contributed by atoms with van der Waals surface area (Å²) in [7, 11) is 0. The molecule has 1 amide bonds. The Morgan fingerprint density at radius 3 is 2.22 bits per heavy atom. The molecule has 0 unspecified atom stereocenters. The first-order chi connectivity index (χ1) is 8.07. The maximum atomic E-state index is 12.0. The van der Waals surface area contributed by atoms with E-state index in [-0.39, 0.29) is 14.7 Å². The van der Waals surface area contributed by atoms with Crippen LogP contribution in [0.1, 0.15) is 61.7 Å². The zero-order chi connectivity index (χ0) is 14.1. The summed E-state index contributed by atoms with van der Waals surface area (Å²) in [4.78, 5) is 14.1. The van der Waals surface area contributed by atoms with Crippen LogP contribution in [0.5, 0.6) is 0 Å². The summed E-state index contributed by atoms with van der Waals surface area (Å²) in [6.45, 7) is 13.6. The molecule has 0 aliphatic rings. The van der Waals surface area contributed by atoms with Crippen molar-refractivity contribution >= 4 is 39.8 Å². The quantitative estimate of drug-likeness (QED) is 0.610. The summed E-state index contributed by atoms with van der Waals surface area (Å²) >= 11 is 4.07. The predicted octanol–water partition coefficient (Wildman–Crippen LogP) is 4.47. The van der Waals surface area contributed by atoms with Crippen molar-refractivity contribution < 1.29 is 4.79 Å². The van der Waals surface area contributed by atoms with E-state index in [0.717, 1.165) is 4.88 Å². The van der Waals surface area contributed by atoms with Crippen LogP contribution in [0.25, 0.3) is 0 Å². The summed E-state index contributed by atoms with van der Waals surface area (Å²) in [6, 6.07) is 2.06. The maximum Gasteiger partial charge on any atom is 0.261 e. The molecule has 0 aromatic carbocycles. The van der Waals surface area contributed by atoms with Gasteiger partial charge >= 0.3 is 0 Å². The third-order valence-corrected chi connectivity index (χ3v) is 4.76. The first-order valence-electron chi connectivity index (χ1n) is 6.19. The fourth-order valence-electron chi connectivity index (χ4n) is 1.75. The highest BCUT2D eigenvalue weighted by Gasteiger charge is 2.30. The zero-order valence-electron chi connectivity index (χ0n) is 12.0. The van der Waals surface area contributed by atoms with Gasteiger partial charge in [0.05, 0.1) is 4.88 Å². The molecule has 1 aromatic rings. The van der Waals surface area contributed by atoms with Gasteiger partial charge in [0.1, 0.15) is 0 Å². The van der Waals surface area contributed by atoms with Crippen molar-refractivity contribution in [3.8, 4) is 0 Å². The molecule has 102 valence electrons. The zero-order valence-corrected chi connectivity index (χ0v) is 15.0. The van der Waals surface area contributed by atoms with Crippen molar-refractivity contribution in [2.24, 2.45) is 0 Å². The minimum absolute atomic E-state index is 0.0416. The van der Waals surface area contributed by atoms with Crippen LogP contribution in [0.3, 0.4) is 0 Å². The molecular weight excluding hydrogens is 357 g/mol. The second-order valence-corrected chi connectivity index (χ2v) is 9.68. The Labute approximate surface area is 128 Å². The highest BCUT2D eigenvalue weighted by atomic mass is 127. The second kappa shape index (κ2) is 5.49. The fourth-order valence-corrected chi connectivity index (χ4v) is 3.65. The van der Waals surface area contributed by atoms with Crippen LogP contribution in [-0.2, 0) is 8.84 Å². The van der Waals surface area contributed by atoms with Gasteiger partial charge in [-0.1, -0.05) is 43.4 Å². The van der Waals surface area contributed by atoms with Crippen molar-refractivity contribution in [1.82, 2.24) is 5.32 Å². The van der Waals surface area contributed by atoms with Gasteiger partial charge in [-0.15, -0.1) is 11.3 Å². The van der Waals surface area contributed by atoms with Crippen LogP contribution in [0.2, 0.25) is 0 Å². The van der Waals surface area contributed by atoms with Gasteiger partial charge in [-0.25, -0.2) is 0 Å². The molecule has 1 aromatic heterocycles. The van der Waals surface area contributed by atoms with Crippen LogP contribution < -0.4 is 5.32 Å². The molecule has 0 atom stereocenters. The van der Waals surface area contributed by atoms with Gasteiger partial charge in [0.15, 0.2) is 0 Å². The number of carbonyl (C=O) groups is 1. The van der Waals surface area contributed by atoms with E-state index in [1.807, 2.05) is 6.92 Å². The molecule has 0 aliphatic heterocycles. The van der Waals surface area contributed by atoms with E-state index < -0.39 is 0 Å². The highest BCUT2D eigenvalue weighted by Crippen LogP contribution is 2.42. The molecule has 0 aliphatic carbocycles. The Balaban J connectivity index is 3.29. The van der Waals surface area contributed by atoms with E-state index in [4.69, 9.17) is 0 Å². The molecule has 1 heterocycles. The number of thiophene rings is 1. The lowest BCUT2D eigenvalue weighted by atomic mass is 9.88. The number of amides is 1. The van der Waals surface area contributed by atoms with Crippen molar-refractivity contribution in [2.45, 2.75) is 50.4 Å². The van der Waals surface area contributed by atoms with E-state index in [1.165, 1.54) is 10.4 Å². The van der Waals surface area contributed by atoms with Gasteiger partial charge in [-0.2, -0.15) is 0 Å². The smallest absolute Gasteiger partial charge is 0.261 e. The lowest BCUT2D eigenvalue weighted by molar-refractivity contribution is 0.0960. The third-order valence-electron chi connectivity index (χ3n) is 2.61. The Hall–Kier alpha value is -0.100. The Morgan fingerprint density at radius 1 is 1.33 bits per heavy atom. The van der Waals surface area contributed by atoms with E-state index in [2.05, 4.69) is 68.6 Å². The topological polar surface area (TPSA) is 29.1 Å². The first kappa shape index (κ1) is 16.0. The van der Waals surface area contributed by atoms with Gasteiger partial charge in [0.25, 0.3) is 5.91 Å². The van der Waals surface area contributed by atoms with Crippen molar-refractivity contribution in [3.05, 3.63) is 21.4 Å².